The third kappa shape index (κ3) is 4.22. The SMILES string of the molecule is COc1ccc2occ(CC(=O)Nc3c(C(=O)c4ccc(OC)c(Cl)c4)oc4ccccc34)c2c1. The molecule has 0 aliphatic carbocycles. The van der Waals surface area contributed by atoms with E-state index in [0.29, 0.717) is 49.9 Å². The Morgan fingerprint density at radius 1 is 0.943 bits per heavy atom. The number of anilines is 1. The number of hydrogen-bond donors (Lipinski definition) is 1. The predicted octanol–water partition coefficient (Wildman–Crippen LogP) is 6.26. The molecule has 35 heavy (non-hydrogen) atoms. The molecule has 1 amide bonds. The Morgan fingerprint density at radius 3 is 2.54 bits per heavy atom. The summed E-state index contributed by atoms with van der Waals surface area (Å²) < 4.78 is 21.9. The zero-order valence-electron chi connectivity index (χ0n) is 18.9. The van der Waals surface area contributed by atoms with Crippen LogP contribution in [0, 0.1) is 0 Å². The summed E-state index contributed by atoms with van der Waals surface area (Å²) in [6.45, 7) is 0. The van der Waals surface area contributed by atoms with Crippen molar-refractivity contribution in [1.29, 1.82) is 0 Å². The third-order valence-corrected chi connectivity index (χ3v) is 5.99. The topological polar surface area (TPSA) is 90.9 Å². The maximum absolute atomic E-state index is 13.4. The zero-order chi connectivity index (χ0) is 24.5. The van der Waals surface area contributed by atoms with Crippen LogP contribution in [0.15, 0.2) is 75.8 Å². The van der Waals surface area contributed by atoms with Crippen molar-refractivity contribution in [2.24, 2.45) is 0 Å². The number of halogens is 1. The van der Waals surface area contributed by atoms with Crippen molar-refractivity contribution in [2.75, 3.05) is 19.5 Å². The standard InChI is InChI=1S/C27H20ClNO6/c1-32-17-8-10-21-19(13-17)16(14-34-21)12-24(30)29-25-18-5-3-4-6-22(18)35-27(25)26(31)15-7-9-23(33-2)20(28)11-15/h3-11,13-14H,12H2,1-2H3,(H,29,30). The second-order valence-corrected chi connectivity index (χ2v) is 8.24. The second-order valence-electron chi connectivity index (χ2n) is 7.83. The average molecular weight is 490 g/mol. The molecule has 0 bridgehead atoms. The van der Waals surface area contributed by atoms with Crippen LogP contribution in [0.25, 0.3) is 21.9 Å². The Kier molecular flexibility index (Phi) is 5.93. The van der Waals surface area contributed by atoms with E-state index in [1.165, 1.54) is 13.2 Å². The molecule has 2 heterocycles. The van der Waals surface area contributed by atoms with E-state index >= 15 is 0 Å². The lowest BCUT2D eigenvalue weighted by atomic mass is 10.1. The highest BCUT2D eigenvalue weighted by Gasteiger charge is 2.24. The molecule has 0 fully saturated rings. The van der Waals surface area contributed by atoms with Crippen LogP contribution in [0.4, 0.5) is 5.69 Å². The van der Waals surface area contributed by atoms with Gasteiger partial charge < -0.3 is 23.6 Å². The maximum Gasteiger partial charge on any atom is 0.230 e. The number of para-hydroxylation sites is 1. The molecular formula is C27H20ClNO6. The van der Waals surface area contributed by atoms with E-state index in [-0.39, 0.29) is 18.1 Å². The minimum Gasteiger partial charge on any atom is -0.497 e. The van der Waals surface area contributed by atoms with Gasteiger partial charge in [0.05, 0.1) is 37.6 Å². The Hall–Kier alpha value is -4.23. The monoisotopic (exact) mass is 489 g/mol. The molecule has 5 aromatic rings. The number of ether oxygens (including phenoxy) is 2. The van der Waals surface area contributed by atoms with Crippen molar-refractivity contribution in [3.8, 4) is 11.5 Å². The quantitative estimate of drug-likeness (QED) is 0.271. The van der Waals surface area contributed by atoms with E-state index in [1.54, 1.807) is 55.8 Å². The number of fused-ring (bicyclic) bond motifs is 2. The van der Waals surface area contributed by atoms with Gasteiger partial charge in [-0.3, -0.25) is 9.59 Å². The first-order valence-electron chi connectivity index (χ1n) is 10.7. The van der Waals surface area contributed by atoms with E-state index in [2.05, 4.69) is 5.32 Å². The van der Waals surface area contributed by atoms with Crippen molar-refractivity contribution in [3.63, 3.8) is 0 Å². The molecule has 7 nitrogen and oxygen atoms in total. The number of carbonyl (C=O) groups excluding carboxylic acids is 2. The minimum absolute atomic E-state index is 0.0134. The van der Waals surface area contributed by atoms with E-state index in [9.17, 15) is 9.59 Å². The maximum atomic E-state index is 13.4. The summed E-state index contributed by atoms with van der Waals surface area (Å²) in [5, 5.41) is 4.55. The van der Waals surface area contributed by atoms with Crippen molar-refractivity contribution in [3.05, 3.63) is 88.8 Å². The average Bonchev–Trinajstić information content (AvgIpc) is 3.44. The molecule has 0 aliphatic heterocycles. The van der Waals surface area contributed by atoms with Crippen LogP contribution in [-0.2, 0) is 11.2 Å². The van der Waals surface area contributed by atoms with Gasteiger partial charge in [0, 0.05) is 21.9 Å². The van der Waals surface area contributed by atoms with E-state index in [1.807, 2.05) is 12.1 Å². The first-order valence-corrected chi connectivity index (χ1v) is 11.1. The van der Waals surface area contributed by atoms with Gasteiger partial charge in [0.25, 0.3) is 0 Å². The number of furan rings is 2. The summed E-state index contributed by atoms with van der Waals surface area (Å²) in [5.41, 5.74) is 2.42. The Balaban J connectivity index is 1.48. The Bertz CT molecular complexity index is 1580. The van der Waals surface area contributed by atoms with Crippen LogP contribution in [0.3, 0.4) is 0 Å². The van der Waals surface area contributed by atoms with Gasteiger partial charge in [0.2, 0.25) is 11.7 Å². The summed E-state index contributed by atoms with van der Waals surface area (Å²) in [7, 11) is 3.07. The lowest BCUT2D eigenvalue weighted by Crippen LogP contribution is -2.16. The summed E-state index contributed by atoms with van der Waals surface area (Å²) in [5.74, 6) is 0.376. The summed E-state index contributed by atoms with van der Waals surface area (Å²) >= 11 is 6.22. The first kappa shape index (κ1) is 22.6. The fourth-order valence-electron chi connectivity index (χ4n) is 3.95. The molecule has 0 spiro atoms. The minimum atomic E-state index is -0.417. The van der Waals surface area contributed by atoms with Gasteiger partial charge in [-0.05, 0) is 48.5 Å². The summed E-state index contributed by atoms with van der Waals surface area (Å²) in [6, 6.07) is 17.2. The van der Waals surface area contributed by atoms with Crippen LogP contribution >= 0.6 is 11.6 Å². The number of rotatable bonds is 7. The number of amides is 1. The molecule has 0 saturated heterocycles. The highest BCUT2D eigenvalue weighted by molar-refractivity contribution is 6.32. The summed E-state index contributed by atoms with van der Waals surface area (Å²) in [4.78, 5) is 26.5. The van der Waals surface area contributed by atoms with Crippen LogP contribution in [-0.4, -0.2) is 25.9 Å². The highest BCUT2D eigenvalue weighted by atomic mass is 35.5. The van der Waals surface area contributed by atoms with Gasteiger partial charge in [-0.1, -0.05) is 23.7 Å². The van der Waals surface area contributed by atoms with Gasteiger partial charge in [0.1, 0.15) is 22.7 Å². The normalized spacial score (nSPS) is 11.1. The van der Waals surface area contributed by atoms with Crippen molar-refractivity contribution >= 4 is 50.9 Å². The van der Waals surface area contributed by atoms with Gasteiger partial charge >= 0.3 is 0 Å². The van der Waals surface area contributed by atoms with Crippen molar-refractivity contribution < 1.29 is 27.9 Å². The summed E-state index contributed by atoms with van der Waals surface area (Å²) in [6.07, 6.45) is 1.57. The van der Waals surface area contributed by atoms with E-state index in [4.69, 9.17) is 29.9 Å². The molecule has 5 rings (SSSR count). The molecule has 0 aliphatic rings. The molecule has 0 saturated carbocycles. The second kappa shape index (κ2) is 9.19. The van der Waals surface area contributed by atoms with Crippen LogP contribution in [0.1, 0.15) is 21.7 Å². The molecule has 1 N–H and O–H groups in total. The molecule has 0 unspecified atom stereocenters. The van der Waals surface area contributed by atoms with E-state index < -0.39 is 5.78 Å². The van der Waals surface area contributed by atoms with Crippen molar-refractivity contribution in [2.45, 2.75) is 6.42 Å². The third-order valence-electron chi connectivity index (χ3n) is 5.69. The largest absolute Gasteiger partial charge is 0.497 e. The Labute approximate surface area is 205 Å². The van der Waals surface area contributed by atoms with Gasteiger partial charge in [-0.2, -0.15) is 0 Å². The molecule has 2 aromatic heterocycles. The van der Waals surface area contributed by atoms with Gasteiger partial charge in [0.15, 0.2) is 5.76 Å². The highest BCUT2D eigenvalue weighted by Crippen LogP contribution is 2.34. The van der Waals surface area contributed by atoms with Gasteiger partial charge in [-0.25, -0.2) is 0 Å². The fourth-order valence-corrected chi connectivity index (χ4v) is 4.21. The van der Waals surface area contributed by atoms with Crippen LogP contribution in [0.2, 0.25) is 5.02 Å². The molecular weight excluding hydrogens is 470 g/mol. The number of methoxy groups -OCH3 is 2. The van der Waals surface area contributed by atoms with Crippen LogP contribution in [0.5, 0.6) is 11.5 Å². The number of carbonyl (C=O) groups is 2. The zero-order valence-corrected chi connectivity index (χ0v) is 19.6. The lowest BCUT2D eigenvalue weighted by molar-refractivity contribution is -0.115. The number of ketones is 1. The Morgan fingerprint density at radius 2 is 1.77 bits per heavy atom. The number of hydrogen-bond acceptors (Lipinski definition) is 6. The predicted molar refractivity (Wildman–Crippen MR) is 133 cm³/mol. The molecule has 8 heteroatoms. The molecule has 176 valence electrons. The fraction of sp³-hybridized carbons (Fsp3) is 0.111. The number of benzene rings is 3. The molecule has 3 aromatic carbocycles. The number of nitrogens with one attached hydrogen (secondary N) is 1. The van der Waals surface area contributed by atoms with Crippen LogP contribution < -0.4 is 14.8 Å². The van der Waals surface area contributed by atoms with E-state index in [0.717, 1.165) is 5.39 Å². The smallest absolute Gasteiger partial charge is 0.230 e. The van der Waals surface area contributed by atoms with Crippen molar-refractivity contribution in [1.82, 2.24) is 0 Å². The molecule has 0 radical (unpaired) electrons. The lowest BCUT2D eigenvalue weighted by Gasteiger charge is -2.07. The molecule has 0 atom stereocenters. The first-order chi connectivity index (χ1) is 17.0. The van der Waals surface area contributed by atoms with Gasteiger partial charge in [-0.15, -0.1) is 0 Å².